The van der Waals surface area contributed by atoms with Gasteiger partial charge in [0, 0.05) is 26.2 Å². The number of amides is 1. The van der Waals surface area contributed by atoms with Gasteiger partial charge >= 0.3 is 0 Å². The lowest BCUT2D eigenvalue weighted by Crippen LogP contribution is -2.48. The van der Waals surface area contributed by atoms with Gasteiger partial charge in [-0.2, -0.15) is 0 Å². The second-order valence-electron chi connectivity index (χ2n) is 6.65. The van der Waals surface area contributed by atoms with E-state index in [-0.39, 0.29) is 5.91 Å². The molecular weight excluding hydrogens is 312 g/mol. The van der Waals surface area contributed by atoms with Crippen molar-refractivity contribution >= 4 is 12.0 Å². The van der Waals surface area contributed by atoms with E-state index in [0.29, 0.717) is 5.56 Å². The van der Waals surface area contributed by atoms with Crippen LogP contribution in [0.2, 0.25) is 0 Å². The Hall–Kier alpha value is -2.07. The third-order valence-electron chi connectivity index (χ3n) is 4.69. The number of piperazine rings is 1. The van der Waals surface area contributed by atoms with E-state index in [1.54, 1.807) is 6.26 Å². The zero-order valence-corrected chi connectivity index (χ0v) is 15.8. The molecular formula is C21H30N2O2. The Morgan fingerprint density at radius 1 is 1.28 bits per heavy atom. The molecule has 0 N–H and O–H groups in total. The molecule has 0 atom stereocenters. The molecule has 0 saturated carbocycles. The molecule has 1 fully saturated rings. The molecule has 2 rings (SSSR count). The number of carbonyl (C=O) groups excluding carboxylic acids is 1. The van der Waals surface area contributed by atoms with Crippen LogP contribution in [0.4, 0.5) is 0 Å². The molecule has 0 radical (unpaired) electrons. The average molecular weight is 342 g/mol. The fourth-order valence-electron chi connectivity index (χ4n) is 2.92. The highest BCUT2D eigenvalue weighted by molar-refractivity contribution is 5.94. The van der Waals surface area contributed by atoms with E-state index in [1.807, 2.05) is 23.1 Å². The molecule has 1 aromatic heterocycles. The van der Waals surface area contributed by atoms with Gasteiger partial charge in [0.2, 0.25) is 0 Å². The second-order valence-corrected chi connectivity index (χ2v) is 6.65. The van der Waals surface area contributed by atoms with Crippen molar-refractivity contribution in [2.75, 3.05) is 32.7 Å². The minimum atomic E-state index is 0.0707. The van der Waals surface area contributed by atoms with Gasteiger partial charge in [0.1, 0.15) is 12.0 Å². The summed E-state index contributed by atoms with van der Waals surface area (Å²) in [5.74, 6) is 0.818. The van der Waals surface area contributed by atoms with Crippen LogP contribution in [0.15, 0.2) is 46.6 Å². The van der Waals surface area contributed by atoms with Gasteiger partial charge in [0.05, 0.1) is 5.56 Å². The van der Waals surface area contributed by atoms with Crippen molar-refractivity contribution in [2.24, 2.45) is 0 Å². The molecule has 2 heterocycles. The molecule has 1 aromatic rings. The van der Waals surface area contributed by atoms with E-state index < -0.39 is 0 Å². The third-order valence-corrected chi connectivity index (χ3v) is 4.69. The molecule has 0 aromatic carbocycles. The maximum absolute atomic E-state index is 12.6. The normalized spacial score (nSPS) is 17.0. The van der Waals surface area contributed by atoms with Gasteiger partial charge in [-0.25, -0.2) is 0 Å². The summed E-state index contributed by atoms with van der Waals surface area (Å²) in [4.78, 5) is 16.9. The Kier molecular flexibility index (Phi) is 7.26. The topological polar surface area (TPSA) is 36.7 Å². The molecule has 1 saturated heterocycles. The van der Waals surface area contributed by atoms with Crippen LogP contribution < -0.4 is 0 Å². The van der Waals surface area contributed by atoms with Crippen LogP contribution in [-0.4, -0.2) is 48.4 Å². The summed E-state index contributed by atoms with van der Waals surface area (Å²) < 4.78 is 5.57. The molecule has 1 aliphatic heterocycles. The molecule has 0 bridgehead atoms. The first-order valence-electron chi connectivity index (χ1n) is 9.10. The molecule has 0 spiro atoms. The minimum absolute atomic E-state index is 0.0707. The largest absolute Gasteiger partial charge is 0.464 e. The number of furan rings is 1. The van der Waals surface area contributed by atoms with Crippen LogP contribution in [0.3, 0.4) is 0 Å². The highest BCUT2D eigenvalue weighted by atomic mass is 16.3. The van der Waals surface area contributed by atoms with Crippen molar-refractivity contribution < 1.29 is 9.21 Å². The van der Waals surface area contributed by atoms with Gasteiger partial charge in [-0.05, 0) is 45.4 Å². The van der Waals surface area contributed by atoms with E-state index in [0.717, 1.165) is 51.3 Å². The van der Waals surface area contributed by atoms with Crippen molar-refractivity contribution in [3.05, 3.63) is 53.5 Å². The highest BCUT2D eigenvalue weighted by Gasteiger charge is 2.22. The maximum atomic E-state index is 12.6. The van der Waals surface area contributed by atoms with Crippen molar-refractivity contribution in [3.63, 3.8) is 0 Å². The first-order chi connectivity index (χ1) is 12.0. The Morgan fingerprint density at radius 2 is 2.00 bits per heavy atom. The average Bonchev–Trinajstić information content (AvgIpc) is 3.09. The van der Waals surface area contributed by atoms with Crippen molar-refractivity contribution in [1.29, 1.82) is 0 Å². The Bertz CT molecular complexity index is 647. The van der Waals surface area contributed by atoms with E-state index >= 15 is 0 Å². The number of nitrogens with zero attached hydrogens (tertiary/aromatic N) is 2. The smallest absolute Gasteiger partial charge is 0.257 e. The van der Waals surface area contributed by atoms with Gasteiger partial charge in [-0.1, -0.05) is 36.8 Å². The van der Waals surface area contributed by atoms with Gasteiger partial charge in [0.15, 0.2) is 0 Å². The number of allylic oxidation sites excluding steroid dienone is 4. The van der Waals surface area contributed by atoms with E-state index in [2.05, 4.69) is 38.3 Å². The van der Waals surface area contributed by atoms with Gasteiger partial charge in [0.25, 0.3) is 5.91 Å². The van der Waals surface area contributed by atoms with Crippen LogP contribution in [0.25, 0.3) is 6.08 Å². The molecule has 0 unspecified atom stereocenters. The highest BCUT2D eigenvalue weighted by Crippen LogP contribution is 2.17. The zero-order valence-electron chi connectivity index (χ0n) is 15.8. The summed E-state index contributed by atoms with van der Waals surface area (Å²) in [5.41, 5.74) is 3.08. The van der Waals surface area contributed by atoms with Crippen molar-refractivity contribution in [2.45, 2.75) is 33.6 Å². The molecule has 0 aliphatic carbocycles. The maximum Gasteiger partial charge on any atom is 0.257 e. The fraction of sp³-hybridized carbons (Fsp3) is 0.476. The SMILES string of the molecule is C=C/C(C)=C\CC/C(C)=C/c1cc(C(=O)N2CCN(CC)CC2)co1. The lowest BCUT2D eigenvalue weighted by atomic mass is 10.1. The summed E-state index contributed by atoms with van der Waals surface area (Å²) in [5, 5.41) is 0. The zero-order chi connectivity index (χ0) is 18.2. The Balaban J connectivity index is 1.91. The number of rotatable bonds is 7. The minimum Gasteiger partial charge on any atom is -0.464 e. The standard InChI is InChI=1S/C21H30N2O2/c1-5-17(3)8-7-9-18(4)14-20-15-19(16-25-20)21(24)23-12-10-22(6-2)11-13-23/h5,8,14-16H,1,6-7,9-13H2,2-4H3/b17-8-,18-14+. The first-order valence-corrected chi connectivity index (χ1v) is 9.10. The molecule has 4 nitrogen and oxygen atoms in total. The number of carbonyl (C=O) groups is 1. The third kappa shape index (κ3) is 5.75. The van der Waals surface area contributed by atoms with E-state index in [4.69, 9.17) is 4.42 Å². The summed E-state index contributed by atoms with van der Waals surface area (Å²) in [6.45, 7) is 14.6. The predicted octanol–water partition coefficient (Wildman–Crippen LogP) is 4.37. The number of hydrogen-bond acceptors (Lipinski definition) is 3. The molecule has 1 aliphatic rings. The van der Waals surface area contributed by atoms with Gasteiger partial charge in [-0.15, -0.1) is 0 Å². The molecule has 1 amide bonds. The Labute approximate surface area is 151 Å². The quantitative estimate of drug-likeness (QED) is 0.690. The van der Waals surface area contributed by atoms with Crippen molar-refractivity contribution in [1.82, 2.24) is 9.80 Å². The van der Waals surface area contributed by atoms with Crippen molar-refractivity contribution in [3.8, 4) is 0 Å². The molecule has 136 valence electrons. The predicted molar refractivity (Wildman–Crippen MR) is 104 cm³/mol. The summed E-state index contributed by atoms with van der Waals surface area (Å²) in [6.07, 6.45) is 9.59. The van der Waals surface area contributed by atoms with E-state index in [9.17, 15) is 4.79 Å². The fourth-order valence-corrected chi connectivity index (χ4v) is 2.92. The molecule has 4 heteroatoms. The van der Waals surface area contributed by atoms with Gasteiger partial charge < -0.3 is 14.2 Å². The summed E-state index contributed by atoms with van der Waals surface area (Å²) in [7, 11) is 0. The van der Waals surface area contributed by atoms with Gasteiger partial charge in [-0.3, -0.25) is 4.79 Å². The molecule has 25 heavy (non-hydrogen) atoms. The van der Waals surface area contributed by atoms with Crippen LogP contribution in [0, 0.1) is 0 Å². The van der Waals surface area contributed by atoms with E-state index in [1.165, 1.54) is 11.1 Å². The summed E-state index contributed by atoms with van der Waals surface area (Å²) >= 11 is 0. The Morgan fingerprint density at radius 3 is 2.64 bits per heavy atom. The summed E-state index contributed by atoms with van der Waals surface area (Å²) in [6, 6.07) is 1.85. The van der Waals surface area contributed by atoms with Crippen LogP contribution in [0.5, 0.6) is 0 Å². The van der Waals surface area contributed by atoms with Crippen LogP contribution >= 0.6 is 0 Å². The number of likely N-dealkylation sites (N-methyl/N-ethyl adjacent to an activating group) is 1. The van der Waals surface area contributed by atoms with Crippen LogP contribution in [-0.2, 0) is 0 Å². The number of hydrogen-bond donors (Lipinski definition) is 0. The van der Waals surface area contributed by atoms with Crippen LogP contribution in [0.1, 0.15) is 49.7 Å². The lowest BCUT2D eigenvalue weighted by molar-refractivity contribution is 0.0642. The second kappa shape index (κ2) is 9.42. The monoisotopic (exact) mass is 342 g/mol. The first kappa shape index (κ1) is 19.3. The lowest BCUT2D eigenvalue weighted by Gasteiger charge is -2.33.